The minimum absolute atomic E-state index is 0.0389. The molecule has 4 aromatic rings. The van der Waals surface area contributed by atoms with Crippen LogP contribution in [0.2, 0.25) is 0 Å². The van der Waals surface area contributed by atoms with Crippen molar-refractivity contribution in [3.8, 4) is 11.5 Å². The monoisotopic (exact) mass is 565 g/mol. The third-order valence-electron chi connectivity index (χ3n) is 6.32. The summed E-state index contributed by atoms with van der Waals surface area (Å²) >= 11 is 0. The van der Waals surface area contributed by atoms with Crippen LogP contribution in [-0.2, 0) is 16.8 Å². The van der Waals surface area contributed by atoms with Gasteiger partial charge in [-0.2, -0.15) is 5.10 Å². The number of anilines is 1. The molecule has 5 rings (SSSR count). The van der Waals surface area contributed by atoms with Gasteiger partial charge < -0.3 is 15.0 Å². The van der Waals surface area contributed by atoms with Crippen LogP contribution in [0.1, 0.15) is 49.2 Å². The number of aldehydes is 1. The molecule has 0 bridgehead atoms. The Morgan fingerprint density at radius 3 is 2.39 bits per heavy atom. The average Bonchev–Trinajstić information content (AvgIpc) is 3.40. The van der Waals surface area contributed by atoms with E-state index in [0.717, 1.165) is 28.4 Å². The number of carbonyl (C=O) groups excluding carboxylic acids is 2. The third-order valence-corrected chi connectivity index (χ3v) is 6.32. The number of alkyl halides is 1. The summed E-state index contributed by atoms with van der Waals surface area (Å²) in [6.07, 6.45) is 6.57. The Morgan fingerprint density at radius 1 is 1.12 bits per heavy atom. The normalized spacial score (nSPS) is 13.3. The van der Waals surface area contributed by atoms with Gasteiger partial charge in [0.2, 0.25) is 6.41 Å². The first kappa shape index (κ1) is 31.3. The first-order valence-corrected chi connectivity index (χ1v) is 13.3. The number of amides is 1. The smallest absolute Gasteiger partial charge is 0.211 e. The van der Waals surface area contributed by atoms with E-state index >= 15 is 0 Å². The Bertz CT molecular complexity index is 1470. The van der Waals surface area contributed by atoms with Crippen LogP contribution < -0.4 is 10.1 Å². The Hall–Kier alpha value is -4.18. The van der Waals surface area contributed by atoms with Crippen molar-refractivity contribution in [1.82, 2.24) is 19.7 Å². The van der Waals surface area contributed by atoms with Crippen LogP contribution in [0.15, 0.2) is 55.0 Å². The number of ether oxygens (including phenoxy) is 1. The predicted molar refractivity (Wildman–Crippen MR) is 157 cm³/mol. The highest BCUT2D eigenvalue weighted by Gasteiger charge is 2.21. The van der Waals surface area contributed by atoms with E-state index < -0.39 is 6.17 Å². The maximum absolute atomic E-state index is 14.0. The van der Waals surface area contributed by atoms with Gasteiger partial charge in [-0.05, 0) is 82.6 Å². The zero-order chi connectivity index (χ0) is 30.2. The highest BCUT2D eigenvalue weighted by Crippen LogP contribution is 2.32. The minimum Gasteiger partial charge on any atom is -0.456 e. The summed E-state index contributed by atoms with van der Waals surface area (Å²) in [5.74, 6) is 0.731. The summed E-state index contributed by atoms with van der Waals surface area (Å²) in [6, 6.07) is 10.1. The van der Waals surface area contributed by atoms with Crippen LogP contribution in [0.25, 0.3) is 10.9 Å². The first-order chi connectivity index (χ1) is 19.4. The summed E-state index contributed by atoms with van der Waals surface area (Å²) < 4.78 is 33.5. The number of fused-ring (bicyclic) bond motifs is 1. The number of hydrogen-bond acceptors (Lipinski definition) is 6. The molecule has 8 nitrogen and oxygen atoms in total. The topological polar surface area (TPSA) is 89.4 Å². The van der Waals surface area contributed by atoms with Gasteiger partial charge >= 0.3 is 0 Å². The van der Waals surface area contributed by atoms with Gasteiger partial charge in [-0.15, -0.1) is 0 Å². The number of likely N-dealkylation sites (tertiary alicyclic amines) is 1. The minimum atomic E-state index is -0.532. The van der Waals surface area contributed by atoms with Crippen molar-refractivity contribution >= 4 is 29.3 Å². The van der Waals surface area contributed by atoms with E-state index in [1.807, 2.05) is 46.6 Å². The Balaban J connectivity index is 0.000000212. The lowest BCUT2D eigenvalue weighted by Crippen LogP contribution is -2.45. The average molecular weight is 566 g/mol. The lowest BCUT2D eigenvalue weighted by Gasteiger charge is -2.29. The fourth-order valence-electron chi connectivity index (χ4n) is 3.98. The van der Waals surface area contributed by atoms with Crippen LogP contribution in [0.5, 0.6) is 11.5 Å². The largest absolute Gasteiger partial charge is 0.456 e. The van der Waals surface area contributed by atoms with E-state index in [-0.39, 0.29) is 11.4 Å². The van der Waals surface area contributed by atoms with Gasteiger partial charge in [-0.3, -0.25) is 19.3 Å². The van der Waals surface area contributed by atoms with Crippen LogP contribution >= 0.6 is 0 Å². The van der Waals surface area contributed by atoms with E-state index in [4.69, 9.17) is 4.74 Å². The zero-order valence-corrected chi connectivity index (χ0v) is 24.3. The number of aryl methyl sites for hydroxylation is 2. The van der Waals surface area contributed by atoms with Gasteiger partial charge in [-0.1, -0.05) is 6.92 Å². The first-order valence-electron chi connectivity index (χ1n) is 13.3. The van der Waals surface area contributed by atoms with Crippen molar-refractivity contribution in [2.45, 2.75) is 52.8 Å². The molecule has 1 aliphatic rings. The number of nitrogens with zero attached hydrogens (tertiary/aromatic N) is 4. The number of aromatic nitrogens is 3. The number of halogens is 2. The molecule has 0 radical (unpaired) electrons. The molecule has 1 N–H and O–H groups in total. The molecule has 0 unspecified atom stereocenters. The third kappa shape index (κ3) is 8.65. The fraction of sp³-hybridized carbons (Fsp3) is 0.355. The van der Waals surface area contributed by atoms with E-state index in [1.54, 1.807) is 53.6 Å². The van der Waals surface area contributed by atoms with E-state index in [1.165, 1.54) is 6.07 Å². The van der Waals surface area contributed by atoms with E-state index in [0.29, 0.717) is 48.5 Å². The standard InChI is InChI=1S/C19H16FNO2.C8H13N3O.C4H8FN/c1-3-14-8-12(2)19(10-16(14)20)23-18-6-7-21-17-5-4-13(11-22)9-15(17)18;1-8(2,3)11-5-7(4-10-11)9-6-12;1-6-2-4(5)3-6/h4-11H,3H2,1-2H3;4-6H,1-3H3,(H,9,12);4H,2-3H2,1H3. The number of carbonyl (C=O) groups is 2. The highest BCUT2D eigenvalue weighted by atomic mass is 19.1. The van der Waals surface area contributed by atoms with Crippen molar-refractivity contribution < 1.29 is 23.1 Å². The summed E-state index contributed by atoms with van der Waals surface area (Å²) in [5.41, 5.74) is 3.47. The maximum Gasteiger partial charge on any atom is 0.211 e. The van der Waals surface area contributed by atoms with Gasteiger partial charge in [-0.25, -0.2) is 8.78 Å². The lowest BCUT2D eigenvalue weighted by molar-refractivity contribution is -0.105. The fourth-order valence-corrected chi connectivity index (χ4v) is 3.98. The molecule has 0 spiro atoms. The lowest BCUT2D eigenvalue weighted by atomic mass is 10.1. The van der Waals surface area contributed by atoms with Crippen molar-refractivity contribution in [2.75, 3.05) is 25.5 Å². The van der Waals surface area contributed by atoms with E-state index in [9.17, 15) is 18.4 Å². The molecule has 1 amide bonds. The second-order valence-corrected chi connectivity index (χ2v) is 10.8. The molecule has 2 aromatic heterocycles. The van der Waals surface area contributed by atoms with Crippen molar-refractivity contribution in [2.24, 2.45) is 0 Å². The summed E-state index contributed by atoms with van der Waals surface area (Å²) in [4.78, 5) is 27.3. The number of benzene rings is 2. The molecule has 1 saturated heterocycles. The number of hydrogen-bond donors (Lipinski definition) is 1. The molecule has 0 atom stereocenters. The molecule has 3 heterocycles. The summed E-state index contributed by atoms with van der Waals surface area (Å²) in [6.45, 7) is 11.2. The number of pyridine rings is 1. The second kappa shape index (κ2) is 13.9. The van der Waals surface area contributed by atoms with Gasteiger partial charge in [0.1, 0.15) is 29.8 Å². The second-order valence-electron chi connectivity index (χ2n) is 10.8. The van der Waals surface area contributed by atoms with Gasteiger partial charge in [0.15, 0.2) is 0 Å². The summed E-state index contributed by atoms with van der Waals surface area (Å²) in [5, 5.41) is 7.36. The van der Waals surface area contributed by atoms with Crippen molar-refractivity contribution in [3.05, 3.63) is 77.5 Å². The Kier molecular flexibility index (Phi) is 10.7. The summed E-state index contributed by atoms with van der Waals surface area (Å²) in [7, 11) is 1.91. The zero-order valence-electron chi connectivity index (χ0n) is 24.3. The Labute approximate surface area is 239 Å². The molecule has 41 heavy (non-hydrogen) atoms. The highest BCUT2D eigenvalue weighted by molar-refractivity contribution is 5.90. The molecular formula is C31H37F2N5O3. The quantitative estimate of drug-likeness (QED) is 0.275. The van der Waals surface area contributed by atoms with Crippen molar-refractivity contribution in [1.29, 1.82) is 0 Å². The maximum atomic E-state index is 14.0. The predicted octanol–water partition coefficient (Wildman–Crippen LogP) is 6.33. The van der Waals surface area contributed by atoms with Gasteiger partial charge in [0, 0.05) is 42.5 Å². The molecule has 2 aromatic carbocycles. The molecule has 1 fully saturated rings. The molecular weight excluding hydrogens is 528 g/mol. The molecule has 218 valence electrons. The number of rotatable bonds is 6. The number of nitrogens with one attached hydrogen (secondary N) is 1. The van der Waals surface area contributed by atoms with E-state index in [2.05, 4.69) is 15.4 Å². The van der Waals surface area contributed by atoms with Crippen LogP contribution in [-0.4, -0.2) is 58.7 Å². The van der Waals surface area contributed by atoms with Crippen LogP contribution in [0.4, 0.5) is 14.5 Å². The Morgan fingerprint density at radius 2 is 1.85 bits per heavy atom. The van der Waals surface area contributed by atoms with Crippen molar-refractivity contribution in [3.63, 3.8) is 0 Å². The van der Waals surface area contributed by atoms with Crippen LogP contribution in [0.3, 0.4) is 0 Å². The SMILES string of the molecule is CC(C)(C)n1cc(NC=O)cn1.CCc1cc(C)c(Oc2ccnc3ccc(C=O)cc23)cc1F.CN1CC(F)C1. The van der Waals surface area contributed by atoms with Gasteiger partial charge in [0.05, 0.1) is 22.9 Å². The van der Waals surface area contributed by atoms with Gasteiger partial charge in [0.25, 0.3) is 0 Å². The molecule has 1 aliphatic heterocycles. The van der Waals surface area contributed by atoms with Crippen LogP contribution in [0, 0.1) is 12.7 Å². The molecule has 0 saturated carbocycles. The molecule has 10 heteroatoms. The molecule has 0 aliphatic carbocycles.